The summed E-state index contributed by atoms with van der Waals surface area (Å²) in [7, 11) is 0. The van der Waals surface area contributed by atoms with Crippen molar-refractivity contribution in [2.45, 2.75) is 25.3 Å². The van der Waals surface area contributed by atoms with E-state index < -0.39 is 5.97 Å². The minimum absolute atomic E-state index is 0.0692. The predicted molar refractivity (Wildman–Crippen MR) is 86.5 cm³/mol. The number of nitrogens with one attached hydrogen (secondary N) is 1. The molecule has 0 spiro atoms. The highest BCUT2D eigenvalue weighted by Crippen LogP contribution is 2.29. The van der Waals surface area contributed by atoms with Crippen molar-refractivity contribution in [3.63, 3.8) is 0 Å². The molecule has 0 unspecified atom stereocenters. The molecule has 1 fully saturated rings. The van der Waals surface area contributed by atoms with Crippen molar-refractivity contribution < 1.29 is 19.1 Å². The molecule has 0 radical (unpaired) electrons. The van der Waals surface area contributed by atoms with Gasteiger partial charge in [-0.2, -0.15) is 4.98 Å². The third kappa shape index (κ3) is 2.88. The normalized spacial score (nSPS) is 14.3. The van der Waals surface area contributed by atoms with E-state index in [1.807, 2.05) is 0 Å². The molecule has 1 aromatic carbocycles. The van der Waals surface area contributed by atoms with E-state index in [1.165, 1.54) is 18.7 Å². The molecule has 0 atom stereocenters. The van der Waals surface area contributed by atoms with Crippen LogP contribution in [0, 0.1) is 0 Å². The second kappa shape index (κ2) is 5.84. The van der Waals surface area contributed by atoms with E-state index >= 15 is 0 Å². The number of nitrogens with zero attached hydrogens (tertiary/aromatic N) is 2. The van der Waals surface area contributed by atoms with E-state index in [-0.39, 0.29) is 5.69 Å². The summed E-state index contributed by atoms with van der Waals surface area (Å²) in [6.07, 6.45) is 4.91. The first-order valence-corrected chi connectivity index (χ1v) is 7.72. The van der Waals surface area contributed by atoms with Crippen molar-refractivity contribution in [1.29, 1.82) is 0 Å². The van der Waals surface area contributed by atoms with Crippen molar-refractivity contribution in [1.82, 2.24) is 9.97 Å². The van der Waals surface area contributed by atoms with E-state index in [9.17, 15) is 4.79 Å². The molecule has 0 saturated heterocycles. The molecule has 2 N–H and O–H groups in total. The van der Waals surface area contributed by atoms with Gasteiger partial charge in [-0.3, -0.25) is 0 Å². The highest BCUT2D eigenvalue weighted by molar-refractivity contribution is 5.85. The van der Waals surface area contributed by atoms with Crippen LogP contribution in [0.15, 0.2) is 40.9 Å². The van der Waals surface area contributed by atoms with Crippen LogP contribution in [0.5, 0.6) is 11.5 Å². The first kappa shape index (κ1) is 14.5. The van der Waals surface area contributed by atoms with Crippen LogP contribution in [0.3, 0.4) is 0 Å². The summed E-state index contributed by atoms with van der Waals surface area (Å²) in [5, 5.41) is 12.2. The molecular weight excluding hydrogens is 310 g/mol. The number of carboxylic acid groups (broad SMARTS) is 1. The van der Waals surface area contributed by atoms with Crippen molar-refractivity contribution in [3.05, 3.63) is 42.2 Å². The van der Waals surface area contributed by atoms with E-state index in [4.69, 9.17) is 14.3 Å². The quantitative estimate of drug-likeness (QED) is 0.738. The summed E-state index contributed by atoms with van der Waals surface area (Å²) in [5.41, 5.74) is 1.28. The van der Waals surface area contributed by atoms with E-state index in [1.54, 1.807) is 24.3 Å². The Labute approximate surface area is 137 Å². The topological polar surface area (TPSA) is 97.5 Å². The van der Waals surface area contributed by atoms with Gasteiger partial charge in [-0.05, 0) is 37.5 Å². The lowest BCUT2D eigenvalue weighted by Gasteiger charge is -2.25. The molecule has 2 heterocycles. The van der Waals surface area contributed by atoms with Crippen molar-refractivity contribution in [2.75, 3.05) is 5.32 Å². The molecule has 2 aromatic heterocycles. The smallest absolute Gasteiger partial charge is 0.354 e. The van der Waals surface area contributed by atoms with Gasteiger partial charge in [0, 0.05) is 24.4 Å². The highest BCUT2D eigenvalue weighted by atomic mass is 16.5. The lowest BCUT2D eigenvalue weighted by Crippen LogP contribution is -2.26. The summed E-state index contributed by atoms with van der Waals surface area (Å²) in [6.45, 7) is 0. The molecule has 122 valence electrons. The Hall–Kier alpha value is -3.09. The molecule has 1 aliphatic rings. The number of hydrogen-bond donors (Lipinski definition) is 2. The molecule has 1 aliphatic carbocycles. The van der Waals surface area contributed by atoms with Gasteiger partial charge in [0.2, 0.25) is 0 Å². The number of carbonyl (C=O) groups is 1. The number of oxazole rings is 1. The summed E-state index contributed by atoms with van der Waals surface area (Å²) in [5.74, 6) is -0.164. The zero-order chi connectivity index (χ0) is 16.5. The van der Waals surface area contributed by atoms with Gasteiger partial charge in [0.15, 0.2) is 11.3 Å². The van der Waals surface area contributed by atoms with Crippen LogP contribution in [0.1, 0.15) is 29.8 Å². The number of rotatable bonds is 5. The van der Waals surface area contributed by atoms with Gasteiger partial charge in [0.25, 0.3) is 6.01 Å². The average molecular weight is 325 g/mol. The van der Waals surface area contributed by atoms with E-state index in [2.05, 4.69) is 15.3 Å². The van der Waals surface area contributed by atoms with Crippen molar-refractivity contribution >= 4 is 23.1 Å². The molecule has 4 rings (SSSR count). The fourth-order valence-electron chi connectivity index (χ4n) is 2.49. The Bertz CT molecular complexity index is 902. The molecule has 7 nitrogen and oxygen atoms in total. The molecule has 0 aliphatic heterocycles. The number of carboxylic acids is 1. The molecule has 0 amide bonds. The summed E-state index contributed by atoms with van der Waals surface area (Å²) >= 11 is 0. The lowest BCUT2D eigenvalue weighted by molar-refractivity contribution is 0.0690. The van der Waals surface area contributed by atoms with Crippen LogP contribution in [-0.4, -0.2) is 27.1 Å². The van der Waals surface area contributed by atoms with E-state index in [0.717, 1.165) is 18.4 Å². The SMILES string of the molecule is O=C(O)c1cc(Oc2ccc3nc(NC4CCC4)oc3c2)ccn1. The maximum Gasteiger partial charge on any atom is 0.354 e. The molecule has 3 aromatic rings. The number of pyridine rings is 1. The Morgan fingerprint density at radius 3 is 2.83 bits per heavy atom. The van der Waals surface area contributed by atoms with Crippen molar-refractivity contribution in [3.8, 4) is 11.5 Å². The largest absolute Gasteiger partial charge is 0.477 e. The third-order valence-electron chi connectivity index (χ3n) is 3.98. The fraction of sp³-hybridized carbons (Fsp3) is 0.235. The minimum Gasteiger partial charge on any atom is -0.477 e. The Morgan fingerprint density at radius 2 is 2.08 bits per heavy atom. The van der Waals surface area contributed by atoms with Crippen LogP contribution >= 0.6 is 0 Å². The maximum atomic E-state index is 11.0. The Kier molecular flexibility index (Phi) is 3.53. The number of benzene rings is 1. The minimum atomic E-state index is -1.10. The first-order chi connectivity index (χ1) is 11.7. The average Bonchev–Trinajstić information content (AvgIpc) is 2.93. The number of ether oxygens (including phenoxy) is 1. The number of aromatic nitrogens is 2. The maximum absolute atomic E-state index is 11.0. The summed E-state index contributed by atoms with van der Waals surface area (Å²) < 4.78 is 11.4. The van der Waals surface area contributed by atoms with Gasteiger partial charge >= 0.3 is 5.97 Å². The van der Waals surface area contributed by atoms with Gasteiger partial charge < -0.3 is 19.6 Å². The summed E-state index contributed by atoms with van der Waals surface area (Å²) in [6, 6.07) is 9.23. The predicted octanol–water partition coefficient (Wildman–Crippen LogP) is 3.68. The molecule has 7 heteroatoms. The van der Waals surface area contributed by atoms with Crippen LogP contribution in [0.25, 0.3) is 11.1 Å². The second-order valence-electron chi connectivity index (χ2n) is 5.70. The lowest BCUT2D eigenvalue weighted by atomic mass is 9.93. The van der Waals surface area contributed by atoms with Crippen LogP contribution in [-0.2, 0) is 0 Å². The van der Waals surface area contributed by atoms with Crippen LogP contribution in [0.2, 0.25) is 0 Å². The zero-order valence-corrected chi connectivity index (χ0v) is 12.7. The molecule has 0 bridgehead atoms. The fourth-order valence-corrected chi connectivity index (χ4v) is 2.49. The van der Waals surface area contributed by atoms with Gasteiger partial charge in [-0.25, -0.2) is 9.78 Å². The van der Waals surface area contributed by atoms with Crippen molar-refractivity contribution in [2.24, 2.45) is 0 Å². The number of fused-ring (bicyclic) bond motifs is 1. The number of aromatic carboxylic acids is 1. The van der Waals surface area contributed by atoms with Gasteiger partial charge in [-0.1, -0.05) is 0 Å². The van der Waals surface area contributed by atoms with Crippen LogP contribution in [0.4, 0.5) is 6.01 Å². The van der Waals surface area contributed by atoms with E-state index in [0.29, 0.717) is 29.1 Å². The Morgan fingerprint density at radius 1 is 1.25 bits per heavy atom. The number of anilines is 1. The Balaban J connectivity index is 1.55. The standard InChI is InChI=1S/C17H15N3O4/c21-16(22)14-8-12(6-7-18-14)23-11-4-5-13-15(9-11)24-17(20-13)19-10-2-1-3-10/h4-10H,1-3H2,(H,19,20)(H,21,22). The molecule has 24 heavy (non-hydrogen) atoms. The number of hydrogen-bond acceptors (Lipinski definition) is 6. The zero-order valence-electron chi connectivity index (χ0n) is 12.7. The first-order valence-electron chi connectivity index (χ1n) is 7.72. The second-order valence-corrected chi connectivity index (χ2v) is 5.70. The summed E-state index contributed by atoms with van der Waals surface area (Å²) in [4.78, 5) is 19.1. The van der Waals surface area contributed by atoms with Crippen LogP contribution < -0.4 is 10.1 Å². The monoisotopic (exact) mass is 325 g/mol. The molecular formula is C17H15N3O4. The highest BCUT2D eigenvalue weighted by Gasteiger charge is 2.19. The van der Waals surface area contributed by atoms with Gasteiger partial charge in [0.05, 0.1) is 0 Å². The van der Waals surface area contributed by atoms with Gasteiger partial charge in [-0.15, -0.1) is 0 Å². The third-order valence-corrected chi connectivity index (χ3v) is 3.98. The van der Waals surface area contributed by atoms with Gasteiger partial charge in [0.1, 0.15) is 17.0 Å². The molecule has 1 saturated carbocycles.